The van der Waals surface area contributed by atoms with Crippen LogP contribution in [0.25, 0.3) is 0 Å². The van der Waals surface area contributed by atoms with Crippen LogP contribution in [0.5, 0.6) is 0 Å². The van der Waals surface area contributed by atoms with Gasteiger partial charge in [-0.15, -0.1) is 0 Å². The van der Waals surface area contributed by atoms with Crippen molar-refractivity contribution >= 4 is 11.8 Å². The third-order valence-corrected chi connectivity index (χ3v) is 3.43. The lowest BCUT2D eigenvalue weighted by molar-refractivity contribution is 0.506. The van der Waals surface area contributed by atoms with Gasteiger partial charge < -0.3 is 5.32 Å². The van der Waals surface area contributed by atoms with Gasteiger partial charge in [-0.2, -0.15) is 0 Å². The Balaban J connectivity index is 2.10. The molecule has 2 aromatic rings. The lowest BCUT2D eigenvalue weighted by Crippen LogP contribution is -2.04. The highest BCUT2D eigenvalue weighted by Crippen LogP contribution is 2.28. The molecule has 2 aromatic carbocycles. The van der Waals surface area contributed by atoms with Crippen LogP contribution in [-0.4, -0.2) is 7.05 Å². The lowest BCUT2D eigenvalue weighted by atomic mass is 10.2. The van der Waals surface area contributed by atoms with Crippen LogP contribution < -0.4 is 5.32 Å². The quantitative estimate of drug-likeness (QED) is 0.901. The summed E-state index contributed by atoms with van der Waals surface area (Å²) in [6.07, 6.45) is 0. The van der Waals surface area contributed by atoms with Crippen LogP contribution in [0.1, 0.15) is 5.56 Å². The van der Waals surface area contributed by atoms with Crippen molar-refractivity contribution in [1.82, 2.24) is 5.32 Å². The smallest absolute Gasteiger partial charge is 0.159 e. The zero-order valence-electron chi connectivity index (χ0n) is 9.91. The van der Waals surface area contributed by atoms with Gasteiger partial charge in [-0.05, 0) is 42.9 Å². The van der Waals surface area contributed by atoms with Crippen molar-refractivity contribution in [3.8, 4) is 0 Å². The van der Waals surface area contributed by atoms with E-state index in [9.17, 15) is 8.78 Å². The summed E-state index contributed by atoms with van der Waals surface area (Å²) in [7, 11) is 1.89. The molecule has 0 atom stereocenters. The van der Waals surface area contributed by atoms with Crippen molar-refractivity contribution in [2.45, 2.75) is 16.3 Å². The summed E-state index contributed by atoms with van der Waals surface area (Å²) < 4.78 is 25.8. The molecule has 0 bridgehead atoms. The molecule has 0 unspecified atom stereocenters. The number of benzene rings is 2. The Kier molecular flexibility index (Phi) is 4.33. The maximum atomic E-state index is 13.0. The minimum absolute atomic E-state index is 0.690. The van der Waals surface area contributed by atoms with Crippen LogP contribution in [-0.2, 0) is 6.54 Å². The van der Waals surface area contributed by atoms with E-state index in [4.69, 9.17) is 0 Å². The average Bonchev–Trinajstić information content (AvgIpc) is 2.37. The van der Waals surface area contributed by atoms with Gasteiger partial charge in [0.25, 0.3) is 0 Å². The lowest BCUT2D eigenvalue weighted by Gasteiger charge is -2.04. The average molecular weight is 265 g/mol. The number of hydrogen-bond donors (Lipinski definition) is 1. The van der Waals surface area contributed by atoms with Gasteiger partial charge >= 0.3 is 0 Å². The van der Waals surface area contributed by atoms with Crippen LogP contribution in [0, 0.1) is 11.6 Å². The molecule has 0 spiro atoms. The Bertz CT molecular complexity index is 526. The molecule has 0 radical (unpaired) electrons. The summed E-state index contributed by atoms with van der Waals surface area (Å²) in [6, 6.07) is 11.9. The molecule has 2 rings (SSSR count). The van der Waals surface area contributed by atoms with Crippen molar-refractivity contribution in [2.75, 3.05) is 7.05 Å². The number of hydrogen-bond acceptors (Lipinski definition) is 2. The molecule has 1 N–H and O–H groups in total. The van der Waals surface area contributed by atoms with Gasteiger partial charge in [-0.1, -0.05) is 23.9 Å². The first-order valence-corrected chi connectivity index (χ1v) is 6.37. The van der Waals surface area contributed by atoms with E-state index < -0.39 is 11.6 Å². The van der Waals surface area contributed by atoms with Gasteiger partial charge in [0.1, 0.15) is 0 Å². The largest absolute Gasteiger partial charge is 0.316 e. The van der Waals surface area contributed by atoms with E-state index in [1.807, 2.05) is 31.3 Å². The third-order valence-electron chi connectivity index (χ3n) is 2.43. The standard InChI is InChI=1S/C14H13F2NS/c1-17-9-10-2-4-11(5-3-10)18-12-6-7-13(15)14(16)8-12/h2-8,17H,9H2,1H3. The predicted octanol–water partition coefficient (Wildman–Crippen LogP) is 3.84. The second-order valence-electron chi connectivity index (χ2n) is 3.85. The van der Waals surface area contributed by atoms with Gasteiger partial charge in [0.05, 0.1) is 0 Å². The molecule has 0 aliphatic carbocycles. The molecule has 0 saturated carbocycles. The maximum Gasteiger partial charge on any atom is 0.159 e. The monoisotopic (exact) mass is 265 g/mol. The highest BCUT2D eigenvalue weighted by molar-refractivity contribution is 7.99. The molecule has 0 amide bonds. The second-order valence-corrected chi connectivity index (χ2v) is 5.00. The molecular formula is C14H13F2NS. The summed E-state index contributed by atoms with van der Waals surface area (Å²) in [5.74, 6) is -1.63. The molecule has 0 aliphatic heterocycles. The van der Waals surface area contributed by atoms with E-state index in [1.165, 1.54) is 23.4 Å². The zero-order chi connectivity index (χ0) is 13.0. The Morgan fingerprint density at radius 3 is 2.22 bits per heavy atom. The minimum Gasteiger partial charge on any atom is -0.316 e. The van der Waals surface area contributed by atoms with Crippen molar-refractivity contribution in [1.29, 1.82) is 0 Å². The van der Waals surface area contributed by atoms with Gasteiger partial charge in [-0.3, -0.25) is 0 Å². The van der Waals surface area contributed by atoms with Crippen molar-refractivity contribution < 1.29 is 8.78 Å². The van der Waals surface area contributed by atoms with Crippen molar-refractivity contribution in [3.05, 3.63) is 59.7 Å². The first-order valence-electron chi connectivity index (χ1n) is 5.55. The van der Waals surface area contributed by atoms with Crippen LogP contribution in [0.2, 0.25) is 0 Å². The summed E-state index contributed by atoms with van der Waals surface area (Å²) in [4.78, 5) is 1.69. The first-order chi connectivity index (χ1) is 8.69. The van der Waals surface area contributed by atoms with E-state index in [0.29, 0.717) is 4.90 Å². The molecule has 0 fully saturated rings. The van der Waals surface area contributed by atoms with Crippen molar-refractivity contribution in [2.24, 2.45) is 0 Å². The predicted molar refractivity (Wildman–Crippen MR) is 69.7 cm³/mol. The van der Waals surface area contributed by atoms with E-state index in [2.05, 4.69) is 5.32 Å². The normalized spacial score (nSPS) is 10.6. The molecule has 18 heavy (non-hydrogen) atoms. The minimum atomic E-state index is -0.816. The fourth-order valence-corrected chi connectivity index (χ4v) is 2.40. The fraction of sp³-hybridized carbons (Fsp3) is 0.143. The summed E-state index contributed by atoms with van der Waals surface area (Å²) in [5, 5.41) is 3.07. The fourth-order valence-electron chi connectivity index (χ4n) is 1.56. The van der Waals surface area contributed by atoms with Crippen molar-refractivity contribution in [3.63, 3.8) is 0 Å². The molecule has 1 nitrogen and oxygen atoms in total. The SMILES string of the molecule is CNCc1ccc(Sc2ccc(F)c(F)c2)cc1. The molecular weight excluding hydrogens is 252 g/mol. The topological polar surface area (TPSA) is 12.0 Å². The van der Waals surface area contributed by atoms with Crippen LogP contribution in [0.15, 0.2) is 52.3 Å². The Labute approximate surface area is 109 Å². The van der Waals surface area contributed by atoms with E-state index in [0.717, 1.165) is 17.5 Å². The summed E-state index contributed by atoms with van der Waals surface area (Å²) >= 11 is 1.41. The Morgan fingerprint density at radius 1 is 0.944 bits per heavy atom. The highest BCUT2D eigenvalue weighted by Gasteiger charge is 2.04. The molecule has 94 valence electrons. The molecule has 0 aromatic heterocycles. The summed E-state index contributed by atoms with van der Waals surface area (Å²) in [5.41, 5.74) is 1.19. The van der Waals surface area contributed by atoms with Gasteiger partial charge in [0, 0.05) is 16.3 Å². The third kappa shape index (κ3) is 3.31. The van der Waals surface area contributed by atoms with Gasteiger partial charge in [-0.25, -0.2) is 8.78 Å². The Hall–Kier alpha value is -1.39. The number of nitrogens with one attached hydrogen (secondary N) is 1. The van der Waals surface area contributed by atoms with Crippen LogP contribution >= 0.6 is 11.8 Å². The highest BCUT2D eigenvalue weighted by atomic mass is 32.2. The zero-order valence-corrected chi connectivity index (χ0v) is 10.7. The van der Waals surface area contributed by atoms with E-state index in [-0.39, 0.29) is 0 Å². The van der Waals surface area contributed by atoms with E-state index in [1.54, 1.807) is 6.07 Å². The maximum absolute atomic E-state index is 13.0. The van der Waals surface area contributed by atoms with E-state index >= 15 is 0 Å². The molecule has 0 heterocycles. The molecule has 4 heteroatoms. The summed E-state index contributed by atoms with van der Waals surface area (Å²) in [6.45, 7) is 0.816. The molecule has 0 saturated heterocycles. The van der Waals surface area contributed by atoms with Gasteiger partial charge in [0.15, 0.2) is 11.6 Å². The first kappa shape index (κ1) is 13.1. The second kappa shape index (κ2) is 5.98. The number of rotatable bonds is 4. The van der Waals surface area contributed by atoms with Crippen LogP contribution in [0.3, 0.4) is 0 Å². The molecule has 0 aliphatic rings. The van der Waals surface area contributed by atoms with Gasteiger partial charge in [0.2, 0.25) is 0 Å². The van der Waals surface area contributed by atoms with Crippen LogP contribution in [0.4, 0.5) is 8.78 Å². The Morgan fingerprint density at radius 2 is 1.61 bits per heavy atom. The number of halogens is 2.